The number of ether oxygens (including phenoxy) is 1. The van der Waals surface area contributed by atoms with Crippen LogP contribution >= 0.6 is 0 Å². The van der Waals surface area contributed by atoms with Gasteiger partial charge < -0.3 is 15.4 Å². The molecule has 0 aromatic rings. The minimum atomic E-state index is 0.458. The lowest BCUT2D eigenvalue weighted by Crippen LogP contribution is -2.40. The van der Waals surface area contributed by atoms with E-state index in [0.717, 1.165) is 6.61 Å². The number of nitrogens with two attached hydrogens (primary N) is 1. The Hall–Kier alpha value is -0.120. The summed E-state index contributed by atoms with van der Waals surface area (Å²) in [6.07, 6.45) is 6.15. The van der Waals surface area contributed by atoms with E-state index in [1.54, 1.807) is 7.11 Å². The van der Waals surface area contributed by atoms with E-state index in [1.165, 1.54) is 51.7 Å². The maximum Gasteiger partial charge on any atom is 0.0462 e. The summed E-state index contributed by atoms with van der Waals surface area (Å²) in [5.41, 5.74) is 5.85. The molecule has 14 heavy (non-hydrogen) atoms. The molecule has 1 rings (SSSR count). The highest BCUT2D eigenvalue weighted by Crippen LogP contribution is 2.09. The molecule has 2 N–H and O–H groups in total. The van der Waals surface area contributed by atoms with Crippen LogP contribution in [-0.4, -0.2) is 44.3 Å². The zero-order valence-electron chi connectivity index (χ0n) is 9.37. The van der Waals surface area contributed by atoms with E-state index in [0.29, 0.717) is 6.04 Å². The second-order valence-corrected chi connectivity index (χ2v) is 4.23. The lowest BCUT2D eigenvalue weighted by molar-refractivity contribution is 0.183. The van der Waals surface area contributed by atoms with Gasteiger partial charge in [0.15, 0.2) is 0 Å². The van der Waals surface area contributed by atoms with Gasteiger partial charge in [0, 0.05) is 19.8 Å². The summed E-state index contributed by atoms with van der Waals surface area (Å²) in [6.45, 7) is 4.55. The number of nitrogens with zero attached hydrogens (tertiary/aromatic N) is 1. The lowest BCUT2D eigenvalue weighted by Gasteiger charge is -2.29. The highest BCUT2D eigenvalue weighted by atomic mass is 16.5. The molecule has 3 heteroatoms. The SMILES string of the molecule is COCCCCCN1CCC(N)CC1. The molecule has 0 atom stereocenters. The first-order valence-corrected chi connectivity index (χ1v) is 5.80. The Morgan fingerprint density at radius 1 is 1.21 bits per heavy atom. The van der Waals surface area contributed by atoms with Gasteiger partial charge in [-0.2, -0.15) is 0 Å². The van der Waals surface area contributed by atoms with Crippen molar-refractivity contribution in [3.63, 3.8) is 0 Å². The topological polar surface area (TPSA) is 38.5 Å². The van der Waals surface area contributed by atoms with Gasteiger partial charge >= 0.3 is 0 Å². The van der Waals surface area contributed by atoms with Crippen LogP contribution in [0, 0.1) is 0 Å². The van der Waals surface area contributed by atoms with Gasteiger partial charge in [-0.3, -0.25) is 0 Å². The van der Waals surface area contributed by atoms with Crippen LogP contribution in [-0.2, 0) is 4.74 Å². The zero-order valence-corrected chi connectivity index (χ0v) is 9.37. The third-order valence-electron chi connectivity index (χ3n) is 2.96. The van der Waals surface area contributed by atoms with Gasteiger partial charge in [-0.15, -0.1) is 0 Å². The Kier molecular flexibility index (Phi) is 6.15. The van der Waals surface area contributed by atoms with Crippen LogP contribution in [0.5, 0.6) is 0 Å². The monoisotopic (exact) mass is 200 g/mol. The van der Waals surface area contributed by atoms with E-state index in [1.807, 2.05) is 0 Å². The number of likely N-dealkylation sites (tertiary alicyclic amines) is 1. The van der Waals surface area contributed by atoms with Gasteiger partial charge in [0.2, 0.25) is 0 Å². The molecule has 0 aromatic carbocycles. The maximum atomic E-state index is 5.85. The molecule has 1 heterocycles. The zero-order chi connectivity index (χ0) is 10.2. The molecule has 0 unspecified atom stereocenters. The van der Waals surface area contributed by atoms with Crippen molar-refractivity contribution in [1.82, 2.24) is 4.90 Å². The molecule has 0 aliphatic carbocycles. The van der Waals surface area contributed by atoms with E-state index in [4.69, 9.17) is 10.5 Å². The van der Waals surface area contributed by atoms with Gasteiger partial charge in [0.25, 0.3) is 0 Å². The van der Waals surface area contributed by atoms with Crippen LogP contribution in [0.1, 0.15) is 32.1 Å². The summed E-state index contributed by atoms with van der Waals surface area (Å²) in [5, 5.41) is 0. The molecule has 1 fully saturated rings. The first-order chi connectivity index (χ1) is 6.83. The van der Waals surface area contributed by atoms with E-state index in [2.05, 4.69) is 4.90 Å². The molecule has 0 radical (unpaired) electrons. The average molecular weight is 200 g/mol. The Balaban J connectivity index is 1.91. The van der Waals surface area contributed by atoms with Gasteiger partial charge in [-0.05, 0) is 51.7 Å². The number of unbranched alkanes of at least 4 members (excludes halogenated alkanes) is 2. The predicted molar refractivity (Wildman–Crippen MR) is 59.4 cm³/mol. The minimum Gasteiger partial charge on any atom is -0.385 e. The summed E-state index contributed by atoms with van der Waals surface area (Å²) in [5.74, 6) is 0. The van der Waals surface area contributed by atoms with Crippen LogP contribution in [0.2, 0.25) is 0 Å². The standard InChI is InChI=1S/C11H24N2O/c1-14-10-4-2-3-7-13-8-5-11(12)6-9-13/h11H,2-10,12H2,1H3. The van der Waals surface area contributed by atoms with E-state index in [-0.39, 0.29) is 0 Å². The normalized spacial score (nSPS) is 20.1. The fourth-order valence-corrected chi connectivity index (χ4v) is 1.94. The average Bonchev–Trinajstić information content (AvgIpc) is 2.21. The van der Waals surface area contributed by atoms with Crippen molar-refractivity contribution in [1.29, 1.82) is 0 Å². The molecule has 1 aliphatic rings. The molecule has 3 nitrogen and oxygen atoms in total. The fraction of sp³-hybridized carbons (Fsp3) is 1.00. The van der Waals surface area contributed by atoms with Crippen molar-refractivity contribution in [3.05, 3.63) is 0 Å². The maximum absolute atomic E-state index is 5.85. The summed E-state index contributed by atoms with van der Waals surface area (Å²) in [6, 6.07) is 0.458. The predicted octanol–water partition coefficient (Wildman–Crippen LogP) is 1.23. The van der Waals surface area contributed by atoms with E-state index < -0.39 is 0 Å². The number of hydrogen-bond donors (Lipinski definition) is 1. The highest BCUT2D eigenvalue weighted by Gasteiger charge is 2.14. The van der Waals surface area contributed by atoms with Crippen molar-refractivity contribution >= 4 is 0 Å². The molecule has 1 aliphatic heterocycles. The van der Waals surface area contributed by atoms with E-state index in [9.17, 15) is 0 Å². The van der Waals surface area contributed by atoms with Crippen LogP contribution in [0.25, 0.3) is 0 Å². The first-order valence-electron chi connectivity index (χ1n) is 5.80. The lowest BCUT2D eigenvalue weighted by atomic mass is 10.1. The molecular weight excluding hydrogens is 176 g/mol. The third-order valence-corrected chi connectivity index (χ3v) is 2.96. The van der Waals surface area contributed by atoms with Gasteiger partial charge in [-0.25, -0.2) is 0 Å². The fourth-order valence-electron chi connectivity index (χ4n) is 1.94. The summed E-state index contributed by atoms with van der Waals surface area (Å²) >= 11 is 0. The quantitative estimate of drug-likeness (QED) is 0.655. The van der Waals surface area contributed by atoms with Crippen LogP contribution in [0.3, 0.4) is 0 Å². The van der Waals surface area contributed by atoms with Crippen LogP contribution < -0.4 is 5.73 Å². The largest absolute Gasteiger partial charge is 0.385 e. The van der Waals surface area contributed by atoms with Gasteiger partial charge in [0.05, 0.1) is 0 Å². The number of piperidine rings is 1. The van der Waals surface area contributed by atoms with Crippen molar-refractivity contribution < 1.29 is 4.74 Å². The minimum absolute atomic E-state index is 0.458. The van der Waals surface area contributed by atoms with Crippen molar-refractivity contribution in [3.8, 4) is 0 Å². The summed E-state index contributed by atoms with van der Waals surface area (Å²) in [4.78, 5) is 2.54. The second-order valence-electron chi connectivity index (χ2n) is 4.23. The van der Waals surface area contributed by atoms with Crippen molar-refractivity contribution in [2.24, 2.45) is 5.73 Å². The molecule has 0 spiro atoms. The van der Waals surface area contributed by atoms with Gasteiger partial charge in [0.1, 0.15) is 0 Å². The Labute approximate surface area is 87.6 Å². The third kappa shape index (κ3) is 4.94. The summed E-state index contributed by atoms with van der Waals surface area (Å²) < 4.78 is 5.02. The Bertz CT molecular complexity index is 133. The second kappa shape index (κ2) is 7.21. The Morgan fingerprint density at radius 2 is 1.93 bits per heavy atom. The molecule has 1 saturated heterocycles. The molecule has 0 bridgehead atoms. The molecule has 0 saturated carbocycles. The first kappa shape index (κ1) is 12.0. The number of hydrogen-bond acceptors (Lipinski definition) is 3. The number of rotatable bonds is 6. The smallest absolute Gasteiger partial charge is 0.0462 e. The molecule has 0 amide bonds. The van der Waals surface area contributed by atoms with Gasteiger partial charge in [-0.1, -0.05) is 0 Å². The number of methoxy groups -OCH3 is 1. The van der Waals surface area contributed by atoms with Crippen LogP contribution in [0.4, 0.5) is 0 Å². The molecule has 84 valence electrons. The summed E-state index contributed by atoms with van der Waals surface area (Å²) in [7, 11) is 1.77. The van der Waals surface area contributed by atoms with Crippen molar-refractivity contribution in [2.45, 2.75) is 38.1 Å². The molecular formula is C11H24N2O. The van der Waals surface area contributed by atoms with Crippen molar-refractivity contribution in [2.75, 3.05) is 33.4 Å². The highest BCUT2D eigenvalue weighted by molar-refractivity contribution is 4.73. The van der Waals surface area contributed by atoms with Crippen LogP contribution in [0.15, 0.2) is 0 Å². The Morgan fingerprint density at radius 3 is 2.57 bits per heavy atom. The molecule has 0 aromatic heterocycles. The van der Waals surface area contributed by atoms with E-state index >= 15 is 0 Å².